The Morgan fingerprint density at radius 3 is 1.23 bits per heavy atom. The summed E-state index contributed by atoms with van der Waals surface area (Å²) >= 11 is 0. The smallest absolute Gasteiger partial charge is 0.110 e. The van der Waals surface area contributed by atoms with Gasteiger partial charge in [-0.05, 0) is 48.5 Å². The largest absolute Gasteiger partial charge is 0.234 e. The van der Waals surface area contributed by atoms with Crippen LogP contribution >= 0.6 is 0 Å². The van der Waals surface area contributed by atoms with Gasteiger partial charge in [0, 0.05) is 0 Å². The Morgan fingerprint density at radius 1 is 0.636 bits per heavy atom. The molecular weight excluding hydrogens is 263 g/mol. The van der Waals surface area contributed by atoms with Crippen molar-refractivity contribution in [3.05, 3.63) is 69.7 Å². The molecule has 1 heteroatoms. The first-order chi connectivity index (χ1) is 10.3. The third kappa shape index (κ3) is 3.19. The molecule has 0 aromatic heterocycles. The maximum atomic E-state index is 2.34. The lowest BCUT2D eigenvalue weighted by molar-refractivity contribution is 1.34. The molecule has 0 aliphatic heterocycles. The van der Waals surface area contributed by atoms with E-state index in [1.807, 2.05) is 0 Å². The van der Waals surface area contributed by atoms with E-state index in [0.29, 0.717) is 6.71 Å². The molecule has 0 aliphatic carbocycles. The van der Waals surface area contributed by atoms with E-state index in [2.05, 4.69) is 84.8 Å². The number of allylic oxidation sites excluding steroid dienone is 1. The van der Waals surface area contributed by atoms with E-state index in [1.54, 1.807) is 0 Å². The van der Waals surface area contributed by atoms with Crippen LogP contribution in [0.4, 0.5) is 0 Å². The van der Waals surface area contributed by atoms with Crippen molar-refractivity contribution in [2.75, 3.05) is 0 Å². The van der Waals surface area contributed by atoms with E-state index in [0.717, 1.165) is 0 Å². The van der Waals surface area contributed by atoms with Crippen molar-refractivity contribution in [2.24, 2.45) is 0 Å². The zero-order valence-electron chi connectivity index (χ0n) is 15.0. The summed E-state index contributed by atoms with van der Waals surface area (Å²) < 4.78 is 0. The fourth-order valence-electron chi connectivity index (χ4n) is 3.89. The molecule has 0 bridgehead atoms. The quantitative estimate of drug-likeness (QED) is 0.741. The van der Waals surface area contributed by atoms with Crippen LogP contribution in [0.3, 0.4) is 0 Å². The highest BCUT2D eigenvalue weighted by Crippen LogP contribution is 2.12. The highest BCUT2D eigenvalue weighted by atomic mass is 14.1. The van der Waals surface area contributed by atoms with Gasteiger partial charge in [-0.25, -0.2) is 0 Å². The molecule has 0 unspecified atom stereocenters. The molecule has 0 radical (unpaired) electrons. The van der Waals surface area contributed by atoms with Gasteiger partial charge in [-0.2, -0.15) is 0 Å². The van der Waals surface area contributed by atoms with Gasteiger partial charge in [-0.3, -0.25) is 0 Å². The number of rotatable bonds is 3. The Labute approximate surface area is 136 Å². The molecule has 0 atom stereocenters. The summed E-state index contributed by atoms with van der Waals surface area (Å²) in [5.74, 6) is 2.34. The molecule has 0 spiro atoms. The maximum absolute atomic E-state index is 2.34. The molecule has 2 rings (SSSR count). The molecule has 114 valence electrons. The first kappa shape index (κ1) is 16.6. The number of aryl methyl sites for hydroxylation is 6. The topological polar surface area (TPSA) is 0 Å². The molecule has 0 saturated heterocycles. The molecular formula is C21H27B. The van der Waals surface area contributed by atoms with Crippen molar-refractivity contribution in [3.63, 3.8) is 0 Å². The Morgan fingerprint density at radius 2 is 0.955 bits per heavy atom. The lowest BCUT2D eigenvalue weighted by atomic mass is 9.37. The summed E-state index contributed by atoms with van der Waals surface area (Å²) in [4.78, 5) is 0. The molecule has 0 heterocycles. The fraction of sp³-hybridized carbons (Fsp3) is 0.333. The molecule has 0 N–H and O–H groups in total. The van der Waals surface area contributed by atoms with Crippen molar-refractivity contribution < 1.29 is 0 Å². The third-order valence-electron chi connectivity index (χ3n) is 4.48. The Bertz CT molecular complexity index is 619. The summed E-state index contributed by atoms with van der Waals surface area (Å²) in [7, 11) is 0. The first-order valence-electron chi connectivity index (χ1n) is 8.13. The zero-order chi connectivity index (χ0) is 16.4. The normalized spacial score (nSPS) is 11.2. The van der Waals surface area contributed by atoms with Gasteiger partial charge in [-0.1, -0.05) is 74.6 Å². The summed E-state index contributed by atoms with van der Waals surface area (Å²) in [5.41, 5.74) is 11.2. The molecule has 0 amide bonds. The van der Waals surface area contributed by atoms with E-state index in [-0.39, 0.29) is 0 Å². The highest BCUT2D eigenvalue weighted by Gasteiger charge is 2.23. The second-order valence-electron chi connectivity index (χ2n) is 6.63. The van der Waals surface area contributed by atoms with Gasteiger partial charge in [0.25, 0.3) is 0 Å². The molecule has 0 nitrogen and oxygen atoms in total. The van der Waals surface area contributed by atoms with Crippen LogP contribution in [0, 0.1) is 41.5 Å². The predicted molar refractivity (Wildman–Crippen MR) is 101 cm³/mol. The number of hydrogen-bond donors (Lipinski definition) is 0. The van der Waals surface area contributed by atoms with Gasteiger partial charge in [0.15, 0.2) is 0 Å². The highest BCUT2D eigenvalue weighted by molar-refractivity contribution is 6.90. The van der Waals surface area contributed by atoms with E-state index >= 15 is 0 Å². The summed E-state index contributed by atoms with van der Waals surface area (Å²) in [6.45, 7) is 15.8. The van der Waals surface area contributed by atoms with Crippen molar-refractivity contribution in [2.45, 2.75) is 48.5 Å². The van der Waals surface area contributed by atoms with Gasteiger partial charge < -0.3 is 0 Å². The van der Waals surface area contributed by atoms with Gasteiger partial charge in [0.2, 0.25) is 6.71 Å². The first-order valence-corrected chi connectivity index (χ1v) is 8.13. The van der Waals surface area contributed by atoms with E-state index < -0.39 is 0 Å². The van der Waals surface area contributed by atoms with Crippen LogP contribution in [0.25, 0.3) is 0 Å². The van der Waals surface area contributed by atoms with Crippen LogP contribution in [0.2, 0.25) is 0 Å². The molecule has 22 heavy (non-hydrogen) atoms. The fourth-order valence-corrected chi connectivity index (χ4v) is 3.89. The van der Waals surface area contributed by atoms with Crippen LogP contribution in [-0.2, 0) is 0 Å². The molecule has 2 aromatic rings. The van der Waals surface area contributed by atoms with Crippen molar-refractivity contribution in [1.29, 1.82) is 0 Å². The average molecular weight is 290 g/mol. The van der Waals surface area contributed by atoms with Gasteiger partial charge in [0.1, 0.15) is 0 Å². The van der Waals surface area contributed by atoms with Gasteiger partial charge in [-0.15, -0.1) is 5.98 Å². The van der Waals surface area contributed by atoms with E-state index in [9.17, 15) is 0 Å². The van der Waals surface area contributed by atoms with Gasteiger partial charge in [0.05, 0.1) is 0 Å². The number of benzene rings is 2. The minimum Gasteiger partial charge on any atom is -0.110 e. The van der Waals surface area contributed by atoms with E-state index in [1.165, 1.54) is 44.3 Å². The SMILES string of the molecule is C/C=C/B(c1c(C)cc(C)cc1C)c1c(C)cc(C)cc1C. The Balaban J connectivity index is 2.73. The molecule has 2 aromatic carbocycles. The second kappa shape index (κ2) is 6.56. The summed E-state index contributed by atoms with van der Waals surface area (Å²) in [5, 5.41) is 0. The second-order valence-corrected chi connectivity index (χ2v) is 6.63. The lowest BCUT2D eigenvalue weighted by Crippen LogP contribution is -2.46. The minimum absolute atomic E-state index is 0.339. The van der Waals surface area contributed by atoms with Crippen LogP contribution in [0.15, 0.2) is 36.3 Å². The monoisotopic (exact) mass is 290 g/mol. The molecule has 0 saturated carbocycles. The summed E-state index contributed by atoms with van der Waals surface area (Å²) in [6, 6.07) is 9.21. The minimum atomic E-state index is 0.339. The zero-order valence-corrected chi connectivity index (χ0v) is 15.0. The van der Waals surface area contributed by atoms with Crippen molar-refractivity contribution >= 4 is 17.6 Å². The number of hydrogen-bond acceptors (Lipinski definition) is 0. The van der Waals surface area contributed by atoms with Crippen molar-refractivity contribution in [1.82, 2.24) is 0 Å². The lowest BCUT2D eigenvalue weighted by Gasteiger charge is -2.21. The van der Waals surface area contributed by atoms with Crippen LogP contribution in [0.1, 0.15) is 40.3 Å². The van der Waals surface area contributed by atoms with Crippen LogP contribution in [0.5, 0.6) is 0 Å². The Kier molecular flexibility index (Phi) is 4.96. The molecule has 0 fully saturated rings. The van der Waals surface area contributed by atoms with E-state index in [4.69, 9.17) is 0 Å². The molecule has 0 aliphatic rings. The third-order valence-corrected chi connectivity index (χ3v) is 4.48. The average Bonchev–Trinajstić information content (AvgIpc) is 2.36. The maximum Gasteiger partial charge on any atom is 0.234 e. The Hall–Kier alpha value is -1.76. The predicted octanol–water partition coefficient (Wildman–Crippen LogP) is 4.26. The van der Waals surface area contributed by atoms with Crippen molar-refractivity contribution in [3.8, 4) is 0 Å². The summed E-state index contributed by atoms with van der Waals surface area (Å²) in [6.07, 6.45) is 2.18. The van der Waals surface area contributed by atoms with Crippen LogP contribution in [-0.4, -0.2) is 6.71 Å². The van der Waals surface area contributed by atoms with Gasteiger partial charge >= 0.3 is 0 Å². The van der Waals surface area contributed by atoms with Crippen LogP contribution < -0.4 is 10.9 Å². The standard InChI is InChI=1S/C21H27B/c1-8-9-22(20-16(4)10-14(2)11-17(20)5)21-18(6)12-15(3)13-19(21)7/h8-13H,1-7H3/b9-8+.